The van der Waals surface area contributed by atoms with Crippen molar-refractivity contribution in [2.75, 3.05) is 26.3 Å². The molecule has 140 valence electrons. The molecule has 2 aromatic rings. The first kappa shape index (κ1) is 17.6. The number of morpholine rings is 1. The van der Waals surface area contributed by atoms with Gasteiger partial charge < -0.3 is 9.30 Å². The molecule has 26 heavy (non-hydrogen) atoms. The number of hydrogen-bond acceptors (Lipinski definition) is 5. The minimum absolute atomic E-state index is 0.220. The summed E-state index contributed by atoms with van der Waals surface area (Å²) in [7, 11) is 0. The molecule has 0 N–H and O–H groups in total. The Labute approximate surface area is 155 Å². The number of ether oxygens (including phenoxy) is 1. The normalized spacial score (nSPS) is 21.0. The molecule has 0 atom stereocenters. The van der Waals surface area contributed by atoms with Crippen LogP contribution < -0.4 is 0 Å². The van der Waals surface area contributed by atoms with Crippen LogP contribution in [0.1, 0.15) is 44.9 Å². The Balaban J connectivity index is 1.63. The molecule has 1 aliphatic carbocycles. The molecule has 2 aliphatic rings. The molecule has 3 heterocycles. The summed E-state index contributed by atoms with van der Waals surface area (Å²) in [5.74, 6) is 1.83. The number of rotatable bonds is 5. The fraction of sp³-hybridized carbons (Fsp3) is 0.650. The topological polar surface area (TPSA) is 56.1 Å². The van der Waals surface area contributed by atoms with Crippen LogP contribution in [0.5, 0.6) is 0 Å². The molecule has 2 aromatic heterocycles. The predicted octanol–water partition coefficient (Wildman–Crippen LogP) is 2.94. The second-order valence-corrected chi connectivity index (χ2v) is 7.47. The van der Waals surface area contributed by atoms with Gasteiger partial charge in [0, 0.05) is 50.2 Å². The molecule has 0 aromatic carbocycles. The maximum absolute atomic E-state index is 5.61. The summed E-state index contributed by atoms with van der Waals surface area (Å²) >= 11 is 0. The first-order chi connectivity index (χ1) is 12.8. The Bertz CT molecular complexity index is 716. The van der Waals surface area contributed by atoms with Gasteiger partial charge in [0.05, 0.1) is 13.2 Å². The third-order valence-corrected chi connectivity index (χ3v) is 5.90. The van der Waals surface area contributed by atoms with E-state index in [2.05, 4.69) is 32.6 Å². The summed E-state index contributed by atoms with van der Waals surface area (Å²) in [5.41, 5.74) is 1.15. The molecule has 1 saturated heterocycles. The monoisotopic (exact) mass is 355 g/mol. The smallest absolute Gasteiger partial charge is 0.158 e. The minimum atomic E-state index is 0.220. The first-order valence-corrected chi connectivity index (χ1v) is 9.97. The lowest BCUT2D eigenvalue weighted by atomic mass is 9.79. The van der Waals surface area contributed by atoms with Gasteiger partial charge >= 0.3 is 0 Å². The van der Waals surface area contributed by atoms with Gasteiger partial charge in [0.1, 0.15) is 11.5 Å². The molecule has 6 nitrogen and oxygen atoms in total. The van der Waals surface area contributed by atoms with Gasteiger partial charge in [0.25, 0.3) is 0 Å². The van der Waals surface area contributed by atoms with Gasteiger partial charge in [-0.3, -0.25) is 4.90 Å². The third-order valence-electron chi connectivity index (χ3n) is 5.90. The van der Waals surface area contributed by atoms with Gasteiger partial charge in [-0.15, -0.1) is 0 Å². The van der Waals surface area contributed by atoms with Crippen LogP contribution in [0.15, 0.2) is 24.7 Å². The van der Waals surface area contributed by atoms with Crippen LogP contribution in [0, 0.1) is 0 Å². The average molecular weight is 355 g/mol. The van der Waals surface area contributed by atoms with E-state index in [4.69, 9.17) is 9.72 Å². The standard InChI is InChI=1S/C20H29N5O/c1-2-18-21-9-6-17(23-18)19-22-10-11-24(19)16-20(7-4-3-5-8-20)25-12-14-26-15-13-25/h6,9-11H,2-5,7-8,12-16H2,1H3. The molecule has 6 heteroatoms. The quantitative estimate of drug-likeness (QED) is 0.825. The molecule has 2 fully saturated rings. The predicted molar refractivity (Wildman–Crippen MR) is 101 cm³/mol. The van der Waals surface area contributed by atoms with Crippen LogP contribution in [-0.2, 0) is 17.7 Å². The molecular formula is C20H29N5O. The fourth-order valence-electron chi connectivity index (χ4n) is 4.50. The Morgan fingerprint density at radius 1 is 1.08 bits per heavy atom. The zero-order valence-corrected chi connectivity index (χ0v) is 15.7. The second kappa shape index (κ2) is 7.84. The molecule has 4 rings (SSSR count). The zero-order valence-electron chi connectivity index (χ0n) is 15.7. The maximum atomic E-state index is 5.61. The lowest BCUT2D eigenvalue weighted by Crippen LogP contribution is -2.56. The van der Waals surface area contributed by atoms with E-state index in [9.17, 15) is 0 Å². The largest absolute Gasteiger partial charge is 0.379 e. The Hall–Kier alpha value is -1.79. The third kappa shape index (κ3) is 3.53. The van der Waals surface area contributed by atoms with Crippen molar-refractivity contribution in [3.8, 4) is 11.5 Å². The van der Waals surface area contributed by atoms with Crippen molar-refractivity contribution in [2.45, 2.75) is 57.5 Å². The SMILES string of the molecule is CCc1nccc(-c2nccn2CC2(N3CCOCC3)CCCCC2)n1. The molecule has 0 amide bonds. The lowest BCUT2D eigenvalue weighted by Gasteiger charge is -2.48. The number of nitrogens with zero attached hydrogens (tertiary/aromatic N) is 5. The van der Waals surface area contributed by atoms with Crippen LogP contribution in [-0.4, -0.2) is 56.3 Å². The summed E-state index contributed by atoms with van der Waals surface area (Å²) in [6.07, 6.45) is 13.2. The van der Waals surface area contributed by atoms with Crippen LogP contribution >= 0.6 is 0 Å². The lowest BCUT2D eigenvalue weighted by molar-refractivity contribution is -0.0444. The van der Waals surface area contributed by atoms with Gasteiger partial charge in [0.15, 0.2) is 5.82 Å². The number of aryl methyl sites for hydroxylation is 1. The molecular weight excluding hydrogens is 326 g/mol. The van der Waals surface area contributed by atoms with Crippen molar-refractivity contribution >= 4 is 0 Å². The summed E-state index contributed by atoms with van der Waals surface area (Å²) in [5, 5.41) is 0. The van der Waals surface area contributed by atoms with Crippen LogP contribution in [0.3, 0.4) is 0 Å². The van der Waals surface area contributed by atoms with E-state index in [-0.39, 0.29) is 5.54 Å². The highest BCUT2D eigenvalue weighted by Gasteiger charge is 2.39. The molecule has 1 saturated carbocycles. The van der Waals surface area contributed by atoms with Gasteiger partial charge in [-0.25, -0.2) is 15.0 Å². The van der Waals surface area contributed by atoms with E-state index < -0.39 is 0 Å². The van der Waals surface area contributed by atoms with E-state index >= 15 is 0 Å². The van der Waals surface area contributed by atoms with Gasteiger partial charge in [-0.2, -0.15) is 0 Å². The number of aromatic nitrogens is 4. The van der Waals surface area contributed by atoms with Crippen molar-refractivity contribution in [1.82, 2.24) is 24.4 Å². The maximum Gasteiger partial charge on any atom is 0.158 e. The first-order valence-electron chi connectivity index (χ1n) is 9.97. The number of hydrogen-bond donors (Lipinski definition) is 0. The van der Waals surface area contributed by atoms with E-state index in [1.807, 2.05) is 18.5 Å². The average Bonchev–Trinajstić information content (AvgIpc) is 3.17. The van der Waals surface area contributed by atoms with Crippen molar-refractivity contribution in [3.63, 3.8) is 0 Å². The summed E-state index contributed by atoms with van der Waals surface area (Å²) < 4.78 is 7.92. The highest BCUT2D eigenvalue weighted by molar-refractivity contribution is 5.49. The van der Waals surface area contributed by atoms with Crippen molar-refractivity contribution < 1.29 is 4.74 Å². The van der Waals surface area contributed by atoms with Crippen molar-refractivity contribution in [2.24, 2.45) is 0 Å². The van der Waals surface area contributed by atoms with Crippen LogP contribution in [0.25, 0.3) is 11.5 Å². The molecule has 0 spiro atoms. The van der Waals surface area contributed by atoms with Crippen molar-refractivity contribution in [3.05, 3.63) is 30.5 Å². The van der Waals surface area contributed by atoms with E-state index in [1.54, 1.807) is 0 Å². The molecule has 1 aliphatic heterocycles. The highest BCUT2D eigenvalue weighted by Crippen LogP contribution is 2.36. The van der Waals surface area contributed by atoms with Crippen LogP contribution in [0.4, 0.5) is 0 Å². The van der Waals surface area contributed by atoms with E-state index in [1.165, 1.54) is 32.1 Å². The fourth-order valence-corrected chi connectivity index (χ4v) is 4.50. The summed E-state index contributed by atoms with van der Waals surface area (Å²) in [4.78, 5) is 16.3. The van der Waals surface area contributed by atoms with Crippen LogP contribution in [0.2, 0.25) is 0 Å². The highest BCUT2D eigenvalue weighted by atomic mass is 16.5. The second-order valence-electron chi connectivity index (χ2n) is 7.47. The summed E-state index contributed by atoms with van der Waals surface area (Å²) in [6.45, 7) is 6.85. The van der Waals surface area contributed by atoms with Crippen molar-refractivity contribution in [1.29, 1.82) is 0 Å². The van der Waals surface area contributed by atoms with Gasteiger partial charge in [0.2, 0.25) is 0 Å². The molecule has 0 radical (unpaired) electrons. The van der Waals surface area contributed by atoms with E-state index in [0.717, 1.165) is 56.6 Å². The minimum Gasteiger partial charge on any atom is -0.379 e. The Morgan fingerprint density at radius 2 is 1.88 bits per heavy atom. The number of imidazole rings is 1. The summed E-state index contributed by atoms with van der Waals surface area (Å²) in [6, 6.07) is 1.97. The van der Waals surface area contributed by atoms with E-state index in [0.29, 0.717) is 0 Å². The Kier molecular flexibility index (Phi) is 5.31. The zero-order chi connectivity index (χ0) is 17.8. The molecule has 0 unspecified atom stereocenters. The Morgan fingerprint density at radius 3 is 2.65 bits per heavy atom. The molecule has 0 bridgehead atoms. The van der Waals surface area contributed by atoms with Gasteiger partial charge in [-0.05, 0) is 18.9 Å². The van der Waals surface area contributed by atoms with Gasteiger partial charge in [-0.1, -0.05) is 26.2 Å².